The van der Waals surface area contributed by atoms with Crippen LogP contribution in [0.3, 0.4) is 0 Å². The molecule has 166 valence electrons. The molecule has 5 nitrogen and oxygen atoms in total. The normalized spacial score (nSPS) is 20.6. The van der Waals surface area contributed by atoms with E-state index in [2.05, 4.69) is 30.4 Å². The summed E-state index contributed by atoms with van der Waals surface area (Å²) in [4.78, 5) is 13.4. The van der Waals surface area contributed by atoms with Crippen molar-refractivity contribution in [2.45, 2.75) is 62.8 Å². The van der Waals surface area contributed by atoms with Crippen LogP contribution in [0.2, 0.25) is 0 Å². The molecule has 0 bridgehead atoms. The fourth-order valence-electron chi connectivity index (χ4n) is 4.80. The highest BCUT2D eigenvalue weighted by atomic mass is 32.2. The average Bonchev–Trinajstić information content (AvgIpc) is 2.82. The fraction of sp³-hybridized carbons (Fsp3) is 0.480. The summed E-state index contributed by atoms with van der Waals surface area (Å²) in [5.74, 6) is -0.364. The SMILES string of the molecule is CC[C@@H](NC(=O)[C@H]1CCCN(S(=O)(=O)c2ccccc2)C1)c1ccc2c(c1)CCCC2. The van der Waals surface area contributed by atoms with Gasteiger partial charge >= 0.3 is 0 Å². The van der Waals surface area contributed by atoms with Crippen LogP contribution in [0.1, 0.15) is 61.8 Å². The number of nitrogens with one attached hydrogen (secondary N) is 1. The number of aryl methyl sites for hydroxylation is 2. The monoisotopic (exact) mass is 440 g/mol. The predicted octanol–water partition coefficient (Wildman–Crippen LogP) is 4.23. The largest absolute Gasteiger partial charge is 0.349 e. The van der Waals surface area contributed by atoms with Crippen molar-refractivity contribution in [1.82, 2.24) is 9.62 Å². The first-order valence-electron chi connectivity index (χ1n) is 11.5. The Morgan fingerprint density at radius 3 is 2.55 bits per heavy atom. The van der Waals surface area contributed by atoms with Crippen molar-refractivity contribution in [2.75, 3.05) is 13.1 Å². The Hall–Kier alpha value is -2.18. The van der Waals surface area contributed by atoms with E-state index in [0.29, 0.717) is 19.4 Å². The molecule has 1 aliphatic carbocycles. The standard InChI is InChI=1S/C25H32N2O3S/c1-2-24(21-15-14-19-9-6-7-10-20(19)17-21)26-25(28)22-11-8-16-27(18-22)31(29,30)23-12-4-3-5-13-23/h3-5,12-15,17,22,24H,2,6-11,16,18H2,1H3,(H,26,28)/t22-,24+/m0/s1. The molecule has 6 heteroatoms. The van der Waals surface area contributed by atoms with E-state index >= 15 is 0 Å². The third-order valence-corrected chi connectivity index (χ3v) is 8.51. The van der Waals surface area contributed by atoms with Crippen molar-refractivity contribution in [3.05, 3.63) is 65.2 Å². The summed E-state index contributed by atoms with van der Waals surface area (Å²) in [5, 5.41) is 3.21. The molecule has 1 fully saturated rings. The summed E-state index contributed by atoms with van der Waals surface area (Å²) in [6.07, 6.45) is 6.96. The number of hydrogen-bond acceptors (Lipinski definition) is 3. The summed E-state index contributed by atoms with van der Waals surface area (Å²) in [5.41, 5.74) is 4.00. The van der Waals surface area contributed by atoms with Gasteiger partial charge in [0.1, 0.15) is 0 Å². The van der Waals surface area contributed by atoms with Gasteiger partial charge in [-0.1, -0.05) is 43.3 Å². The maximum atomic E-state index is 13.1. The number of benzene rings is 2. The van der Waals surface area contributed by atoms with Crippen LogP contribution >= 0.6 is 0 Å². The van der Waals surface area contributed by atoms with Crippen molar-refractivity contribution in [1.29, 1.82) is 0 Å². The van der Waals surface area contributed by atoms with Gasteiger partial charge < -0.3 is 5.32 Å². The molecule has 2 aliphatic rings. The molecule has 1 N–H and O–H groups in total. The number of nitrogens with zero attached hydrogens (tertiary/aromatic N) is 1. The van der Waals surface area contributed by atoms with Crippen molar-refractivity contribution >= 4 is 15.9 Å². The summed E-state index contributed by atoms with van der Waals surface area (Å²) in [6.45, 7) is 2.78. The average molecular weight is 441 g/mol. The molecule has 4 rings (SSSR count). The van der Waals surface area contributed by atoms with Gasteiger partial charge in [-0.15, -0.1) is 0 Å². The van der Waals surface area contributed by atoms with Gasteiger partial charge in [0.25, 0.3) is 0 Å². The smallest absolute Gasteiger partial charge is 0.243 e. The van der Waals surface area contributed by atoms with Crippen molar-refractivity contribution in [3.63, 3.8) is 0 Å². The first-order valence-corrected chi connectivity index (χ1v) is 12.9. The number of piperidine rings is 1. The number of rotatable bonds is 6. The zero-order valence-electron chi connectivity index (χ0n) is 18.2. The number of fused-ring (bicyclic) bond motifs is 1. The van der Waals surface area contributed by atoms with Crippen LogP contribution in [-0.4, -0.2) is 31.7 Å². The molecule has 0 spiro atoms. The first-order chi connectivity index (χ1) is 15.0. The zero-order valence-corrected chi connectivity index (χ0v) is 19.0. The van der Waals surface area contributed by atoms with E-state index < -0.39 is 10.0 Å². The number of carbonyl (C=O) groups is 1. The number of hydrogen-bond donors (Lipinski definition) is 1. The quantitative estimate of drug-likeness (QED) is 0.731. The Bertz CT molecular complexity index is 1020. The molecular weight excluding hydrogens is 408 g/mol. The molecule has 1 saturated heterocycles. The highest BCUT2D eigenvalue weighted by molar-refractivity contribution is 7.89. The summed E-state index contributed by atoms with van der Waals surface area (Å²) in [7, 11) is -3.57. The third kappa shape index (κ3) is 4.85. The van der Waals surface area contributed by atoms with E-state index in [0.717, 1.165) is 24.8 Å². The van der Waals surface area contributed by atoms with Crippen LogP contribution in [0.5, 0.6) is 0 Å². The number of sulfonamides is 1. The van der Waals surface area contributed by atoms with Crippen LogP contribution in [0.25, 0.3) is 0 Å². The fourth-order valence-corrected chi connectivity index (χ4v) is 6.34. The molecular formula is C25H32N2O3S. The van der Waals surface area contributed by atoms with E-state index in [1.807, 2.05) is 0 Å². The molecule has 2 aromatic carbocycles. The molecule has 1 aliphatic heterocycles. The van der Waals surface area contributed by atoms with Gasteiger partial charge in [-0.05, 0) is 73.8 Å². The van der Waals surface area contributed by atoms with Crippen LogP contribution < -0.4 is 5.32 Å². The Morgan fingerprint density at radius 1 is 1.06 bits per heavy atom. The van der Waals surface area contributed by atoms with Gasteiger partial charge in [-0.25, -0.2) is 8.42 Å². The summed E-state index contributed by atoms with van der Waals surface area (Å²) < 4.78 is 27.4. The lowest BCUT2D eigenvalue weighted by Gasteiger charge is -2.32. The lowest BCUT2D eigenvalue weighted by molar-refractivity contribution is -0.126. The summed E-state index contributed by atoms with van der Waals surface area (Å²) >= 11 is 0. The molecule has 0 unspecified atom stereocenters. The van der Waals surface area contributed by atoms with Crippen molar-refractivity contribution in [2.24, 2.45) is 5.92 Å². The Balaban J connectivity index is 1.45. The van der Waals surface area contributed by atoms with Crippen LogP contribution in [0.4, 0.5) is 0 Å². The van der Waals surface area contributed by atoms with Gasteiger partial charge in [0.15, 0.2) is 0 Å². The second-order valence-corrected chi connectivity index (χ2v) is 10.7. The first kappa shape index (κ1) is 22.0. The molecule has 0 radical (unpaired) electrons. The molecule has 2 atom stereocenters. The molecule has 1 heterocycles. The Kier molecular flexibility index (Phi) is 6.77. The van der Waals surface area contributed by atoms with Gasteiger partial charge in [0.2, 0.25) is 15.9 Å². The van der Waals surface area contributed by atoms with Crippen LogP contribution in [0, 0.1) is 5.92 Å². The molecule has 0 saturated carbocycles. The zero-order chi connectivity index (χ0) is 21.8. The maximum absolute atomic E-state index is 13.1. The van der Waals surface area contributed by atoms with Crippen LogP contribution in [-0.2, 0) is 27.7 Å². The van der Waals surface area contributed by atoms with Gasteiger partial charge in [-0.3, -0.25) is 4.79 Å². The second-order valence-electron chi connectivity index (χ2n) is 8.72. The highest BCUT2D eigenvalue weighted by Gasteiger charge is 2.34. The minimum absolute atomic E-state index is 0.0409. The van der Waals surface area contributed by atoms with Crippen molar-refractivity contribution in [3.8, 4) is 0 Å². The van der Waals surface area contributed by atoms with Gasteiger partial charge in [-0.2, -0.15) is 4.31 Å². The van der Waals surface area contributed by atoms with E-state index in [1.165, 1.54) is 28.3 Å². The number of amides is 1. The lowest BCUT2D eigenvalue weighted by Crippen LogP contribution is -2.46. The Labute approximate surface area is 185 Å². The molecule has 0 aromatic heterocycles. The Morgan fingerprint density at radius 2 is 1.81 bits per heavy atom. The van der Waals surface area contributed by atoms with Gasteiger partial charge in [0, 0.05) is 13.1 Å². The molecule has 2 aromatic rings. The van der Waals surface area contributed by atoms with Gasteiger partial charge in [0.05, 0.1) is 16.9 Å². The predicted molar refractivity (Wildman–Crippen MR) is 122 cm³/mol. The molecule has 31 heavy (non-hydrogen) atoms. The highest BCUT2D eigenvalue weighted by Crippen LogP contribution is 2.28. The van der Waals surface area contributed by atoms with E-state index in [4.69, 9.17) is 0 Å². The van der Waals surface area contributed by atoms with Crippen LogP contribution in [0.15, 0.2) is 53.4 Å². The van der Waals surface area contributed by atoms with E-state index in [-0.39, 0.29) is 29.3 Å². The van der Waals surface area contributed by atoms with E-state index in [9.17, 15) is 13.2 Å². The lowest BCUT2D eigenvalue weighted by atomic mass is 9.88. The minimum atomic E-state index is -3.57. The minimum Gasteiger partial charge on any atom is -0.349 e. The topological polar surface area (TPSA) is 66.5 Å². The second kappa shape index (κ2) is 9.53. The maximum Gasteiger partial charge on any atom is 0.243 e. The third-order valence-electron chi connectivity index (χ3n) is 6.64. The number of carbonyl (C=O) groups excluding carboxylic acids is 1. The van der Waals surface area contributed by atoms with E-state index in [1.54, 1.807) is 30.3 Å². The molecule has 1 amide bonds. The summed E-state index contributed by atoms with van der Waals surface area (Å²) in [6, 6.07) is 15.1. The van der Waals surface area contributed by atoms with Crippen molar-refractivity contribution < 1.29 is 13.2 Å².